The van der Waals surface area contributed by atoms with Crippen molar-refractivity contribution in [1.29, 1.82) is 0 Å². The van der Waals surface area contributed by atoms with Gasteiger partial charge in [0.05, 0.1) is 11.8 Å². The van der Waals surface area contributed by atoms with Crippen molar-refractivity contribution in [2.45, 2.75) is 0 Å². The number of rotatable bonds is 4. The number of benzene rings is 1. The summed E-state index contributed by atoms with van der Waals surface area (Å²) in [6.07, 6.45) is 3.11. The van der Waals surface area contributed by atoms with E-state index < -0.39 is 5.97 Å². The standard InChI is InChI=1S/C14H13NO2S/c1-11(13-15-8-10-18-13)14(16)17-9-7-12-5-3-2-4-6-12/h2-7,9H,1,8,10H2. The Kier molecular flexibility index (Phi) is 4.36. The molecule has 0 aromatic heterocycles. The fourth-order valence-electron chi connectivity index (χ4n) is 1.41. The maximum absolute atomic E-state index is 11.7. The maximum Gasteiger partial charge on any atom is 0.345 e. The van der Waals surface area contributed by atoms with Gasteiger partial charge in [-0.25, -0.2) is 4.79 Å². The zero-order chi connectivity index (χ0) is 12.8. The normalized spacial score (nSPS) is 14.6. The number of esters is 1. The Morgan fingerprint density at radius 3 is 2.83 bits per heavy atom. The number of carbonyl (C=O) groups excluding carboxylic acids is 1. The number of hydrogen-bond donors (Lipinski definition) is 0. The Bertz CT molecular complexity index is 506. The molecule has 3 nitrogen and oxygen atoms in total. The Hall–Kier alpha value is -1.81. The fourth-order valence-corrected chi connectivity index (χ4v) is 2.23. The smallest absolute Gasteiger partial charge is 0.345 e. The van der Waals surface area contributed by atoms with Gasteiger partial charge in [-0.3, -0.25) is 4.99 Å². The van der Waals surface area contributed by atoms with Gasteiger partial charge in [0.1, 0.15) is 5.04 Å². The minimum absolute atomic E-state index is 0.329. The van der Waals surface area contributed by atoms with Crippen LogP contribution < -0.4 is 0 Å². The van der Waals surface area contributed by atoms with Gasteiger partial charge in [0.2, 0.25) is 0 Å². The number of hydrogen-bond acceptors (Lipinski definition) is 4. The molecule has 0 saturated carbocycles. The second-order valence-electron chi connectivity index (χ2n) is 3.63. The minimum atomic E-state index is -0.449. The van der Waals surface area contributed by atoms with Crippen LogP contribution in [0.3, 0.4) is 0 Å². The van der Waals surface area contributed by atoms with Crippen molar-refractivity contribution < 1.29 is 9.53 Å². The van der Waals surface area contributed by atoms with Gasteiger partial charge in [-0.2, -0.15) is 0 Å². The quantitative estimate of drug-likeness (QED) is 0.474. The first-order valence-corrected chi connectivity index (χ1v) is 6.55. The molecule has 1 aliphatic heterocycles. The molecule has 18 heavy (non-hydrogen) atoms. The largest absolute Gasteiger partial charge is 0.431 e. The minimum Gasteiger partial charge on any atom is -0.431 e. The van der Waals surface area contributed by atoms with Crippen molar-refractivity contribution in [3.05, 3.63) is 54.3 Å². The summed E-state index contributed by atoms with van der Waals surface area (Å²) in [6, 6.07) is 9.63. The van der Waals surface area contributed by atoms with Crippen molar-refractivity contribution in [3.8, 4) is 0 Å². The summed E-state index contributed by atoms with van der Waals surface area (Å²) in [4.78, 5) is 15.8. The first kappa shape index (κ1) is 12.6. The summed E-state index contributed by atoms with van der Waals surface area (Å²) in [5, 5.41) is 0.688. The second-order valence-corrected chi connectivity index (χ2v) is 4.72. The van der Waals surface area contributed by atoms with Crippen LogP contribution in [0, 0.1) is 0 Å². The van der Waals surface area contributed by atoms with E-state index in [9.17, 15) is 4.79 Å². The molecule has 92 valence electrons. The summed E-state index contributed by atoms with van der Waals surface area (Å²) < 4.78 is 5.01. The third kappa shape index (κ3) is 3.34. The SMILES string of the molecule is C=C(C(=O)OC=Cc1ccccc1)C1=NCCS1. The molecular weight excluding hydrogens is 246 g/mol. The molecule has 1 aromatic carbocycles. The van der Waals surface area contributed by atoms with E-state index in [2.05, 4.69) is 11.6 Å². The molecule has 0 saturated heterocycles. The molecule has 0 fully saturated rings. The maximum atomic E-state index is 11.7. The van der Waals surface area contributed by atoms with E-state index in [1.54, 1.807) is 6.08 Å². The van der Waals surface area contributed by atoms with Gasteiger partial charge in [-0.1, -0.05) is 36.9 Å². The number of carbonyl (C=O) groups is 1. The van der Waals surface area contributed by atoms with Crippen LogP contribution in [0.25, 0.3) is 6.08 Å². The van der Waals surface area contributed by atoms with Gasteiger partial charge in [-0.05, 0) is 11.6 Å². The molecule has 2 rings (SSSR count). The Morgan fingerprint density at radius 1 is 1.39 bits per heavy atom. The number of thioether (sulfide) groups is 1. The first-order valence-electron chi connectivity index (χ1n) is 5.56. The van der Waals surface area contributed by atoms with Crippen LogP contribution in [0.5, 0.6) is 0 Å². The van der Waals surface area contributed by atoms with Crippen molar-refractivity contribution in [3.63, 3.8) is 0 Å². The van der Waals surface area contributed by atoms with Gasteiger partial charge < -0.3 is 4.74 Å². The van der Waals surface area contributed by atoms with Gasteiger partial charge in [0, 0.05) is 12.3 Å². The van der Waals surface area contributed by atoms with Crippen molar-refractivity contribution >= 4 is 28.9 Å². The molecule has 4 heteroatoms. The summed E-state index contributed by atoms with van der Waals surface area (Å²) in [6.45, 7) is 4.44. The predicted octanol–water partition coefficient (Wildman–Crippen LogP) is 2.90. The average molecular weight is 259 g/mol. The third-order valence-corrected chi connectivity index (χ3v) is 3.36. The second kappa shape index (κ2) is 6.21. The number of aliphatic imine (C=N–C) groups is 1. The highest BCUT2D eigenvalue weighted by molar-refractivity contribution is 8.14. The topological polar surface area (TPSA) is 38.7 Å². The lowest BCUT2D eigenvalue weighted by atomic mass is 10.2. The van der Waals surface area contributed by atoms with E-state index >= 15 is 0 Å². The third-order valence-electron chi connectivity index (χ3n) is 2.33. The van der Waals surface area contributed by atoms with Crippen molar-refractivity contribution in [2.24, 2.45) is 4.99 Å². The van der Waals surface area contributed by atoms with Crippen LogP contribution in [0.4, 0.5) is 0 Å². The van der Waals surface area contributed by atoms with Crippen LogP contribution in [-0.2, 0) is 9.53 Å². The van der Waals surface area contributed by atoms with E-state index in [-0.39, 0.29) is 0 Å². The van der Waals surface area contributed by atoms with E-state index in [0.29, 0.717) is 10.6 Å². The number of ether oxygens (including phenoxy) is 1. The van der Waals surface area contributed by atoms with E-state index in [1.165, 1.54) is 18.0 Å². The van der Waals surface area contributed by atoms with E-state index in [1.807, 2.05) is 30.3 Å². The van der Waals surface area contributed by atoms with Crippen LogP contribution in [0.2, 0.25) is 0 Å². The Balaban J connectivity index is 1.88. The first-order chi connectivity index (χ1) is 8.77. The lowest BCUT2D eigenvalue weighted by Gasteiger charge is -2.01. The Labute approximate surface area is 110 Å². The number of nitrogens with zero attached hydrogens (tertiary/aromatic N) is 1. The highest BCUT2D eigenvalue weighted by Crippen LogP contribution is 2.18. The van der Waals surface area contributed by atoms with Crippen molar-refractivity contribution in [2.75, 3.05) is 12.3 Å². The summed E-state index contributed by atoms with van der Waals surface area (Å²) in [5.41, 5.74) is 1.30. The van der Waals surface area contributed by atoms with Gasteiger partial charge in [-0.15, -0.1) is 11.8 Å². The van der Waals surface area contributed by atoms with Crippen LogP contribution in [0.15, 0.2) is 53.7 Å². The molecule has 0 amide bonds. The highest BCUT2D eigenvalue weighted by atomic mass is 32.2. The van der Waals surface area contributed by atoms with Gasteiger partial charge in [0.15, 0.2) is 0 Å². The van der Waals surface area contributed by atoms with Crippen LogP contribution in [0.1, 0.15) is 5.56 Å². The molecular formula is C14H13NO2S. The van der Waals surface area contributed by atoms with Crippen LogP contribution in [-0.4, -0.2) is 23.3 Å². The molecule has 1 heterocycles. The van der Waals surface area contributed by atoms with Crippen LogP contribution >= 0.6 is 11.8 Å². The molecule has 0 bridgehead atoms. The molecule has 1 aromatic rings. The molecule has 1 aliphatic rings. The summed E-state index contributed by atoms with van der Waals surface area (Å²) in [7, 11) is 0. The Morgan fingerprint density at radius 2 is 2.17 bits per heavy atom. The summed E-state index contributed by atoms with van der Waals surface area (Å²) in [5.74, 6) is 0.455. The van der Waals surface area contributed by atoms with Gasteiger partial charge >= 0.3 is 5.97 Å². The predicted molar refractivity (Wildman–Crippen MR) is 75.5 cm³/mol. The van der Waals surface area contributed by atoms with Gasteiger partial charge in [0.25, 0.3) is 0 Å². The summed E-state index contributed by atoms with van der Waals surface area (Å²) >= 11 is 1.53. The molecule has 0 aliphatic carbocycles. The highest BCUT2D eigenvalue weighted by Gasteiger charge is 2.17. The van der Waals surface area contributed by atoms with Crippen molar-refractivity contribution in [1.82, 2.24) is 0 Å². The fraction of sp³-hybridized carbons (Fsp3) is 0.143. The average Bonchev–Trinajstić information content (AvgIpc) is 2.93. The zero-order valence-corrected chi connectivity index (χ0v) is 10.7. The molecule has 0 unspecified atom stereocenters. The molecule has 0 radical (unpaired) electrons. The lowest BCUT2D eigenvalue weighted by Crippen LogP contribution is -2.08. The molecule has 0 N–H and O–H groups in total. The lowest BCUT2D eigenvalue weighted by molar-refractivity contribution is -0.132. The van der Waals surface area contributed by atoms with E-state index in [0.717, 1.165) is 17.9 Å². The molecule has 0 atom stereocenters. The molecule has 0 spiro atoms. The van der Waals surface area contributed by atoms with E-state index in [4.69, 9.17) is 4.74 Å². The monoisotopic (exact) mass is 259 g/mol. The zero-order valence-electron chi connectivity index (χ0n) is 9.83.